The molecule has 4 heteroatoms. The quantitative estimate of drug-likeness (QED) is 0.664. The fourth-order valence-corrected chi connectivity index (χ4v) is 0.974. The molecule has 0 aromatic carbocycles. The van der Waals surface area contributed by atoms with Gasteiger partial charge in [0.2, 0.25) is 0 Å². The lowest BCUT2D eigenvalue weighted by atomic mass is 10.2. The summed E-state index contributed by atoms with van der Waals surface area (Å²) in [5.74, 6) is 1.15. The first-order valence-corrected chi connectivity index (χ1v) is 4.08. The van der Waals surface area contributed by atoms with E-state index in [4.69, 9.17) is 0 Å². The first-order valence-electron chi connectivity index (χ1n) is 4.08. The summed E-state index contributed by atoms with van der Waals surface area (Å²) >= 11 is 0. The van der Waals surface area contributed by atoms with Gasteiger partial charge in [-0.05, 0) is 0 Å². The van der Waals surface area contributed by atoms with Crippen LogP contribution in [0.2, 0.25) is 0 Å². The number of hydrogen-bond acceptors (Lipinski definition) is 3. The molecule has 0 unspecified atom stereocenters. The standard InChI is InChI=1S/C8H13N3O/c1-3-7(12)4-5-8-9-6-10-11(8)2/h6H,3-5H2,1-2H3. The summed E-state index contributed by atoms with van der Waals surface area (Å²) in [5, 5.41) is 3.91. The Morgan fingerprint density at radius 2 is 2.42 bits per heavy atom. The first kappa shape index (κ1) is 8.90. The van der Waals surface area contributed by atoms with E-state index in [0.29, 0.717) is 19.3 Å². The Morgan fingerprint density at radius 1 is 1.67 bits per heavy atom. The highest BCUT2D eigenvalue weighted by atomic mass is 16.1. The topological polar surface area (TPSA) is 47.8 Å². The van der Waals surface area contributed by atoms with Gasteiger partial charge in [-0.15, -0.1) is 0 Å². The smallest absolute Gasteiger partial charge is 0.138 e. The van der Waals surface area contributed by atoms with E-state index in [2.05, 4.69) is 10.1 Å². The molecule has 0 radical (unpaired) electrons. The zero-order valence-electron chi connectivity index (χ0n) is 7.45. The lowest BCUT2D eigenvalue weighted by molar-refractivity contribution is -0.118. The van der Waals surface area contributed by atoms with Gasteiger partial charge in [0.25, 0.3) is 0 Å². The molecule has 0 saturated carbocycles. The third-order valence-electron chi connectivity index (χ3n) is 1.83. The van der Waals surface area contributed by atoms with Gasteiger partial charge in [-0.1, -0.05) is 6.92 Å². The Balaban J connectivity index is 2.43. The van der Waals surface area contributed by atoms with Gasteiger partial charge in [-0.2, -0.15) is 5.10 Å². The fraction of sp³-hybridized carbons (Fsp3) is 0.625. The van der Waals surface area contributed by atoms with E-state index in [1.54, 1.807) is 4.68 Å². The van der Waals surface area contributed by atoms with E-state index >= 15 is 0 Å². The minimum absolute atomic E-state index is 0.276. The normalized spacial score (nSPS) is 10.2. The van der Waals surface area contributed by atoms with Gasteiger partial charge in [0.15, 0.2) is 0 Å². The van der Waals surface area contributed by atoms with Crippen molar-refractivity contribution in [1.29, 1.82) is 0 Å². The van der Waals surface area contributed by atoms with Gasteiger partial charge >= 0.3 is 0 Å². The van der Waals surface area contributed by atoms with Crippen molar-refractivity contribution >= 4 is 5.78 Å². The summed E-state index contributed by atoms with van der Waals surface area (Å²) in [6, 6.07) is 0. The summed E-state index contributed by atoms with van der Waals surface area (Å²) in [4.78, 5) is 15.0. The molecule has 0 aliphatic carbocycles. The van der Waals surface area contributed by atoms with Gasteiger partial charge in [-0.25, -0.2) is 4.98 Å². The third-order valence-corrected chi connectivity index (χ3v) is 1.83. The highest BCUT2D eigenvalue weighted by Crippen LogP contribution is 1.98. The van der Waals surface area contributed by atoms with Gasteiger partial charge in [0.1, 0.15) is 17.9 Å². The highest BCUT2D eigenvalue weighted by Gasteiger charge is 2.03. The van der Waals surface area contributed by atoms with Crippen LogP contribution in [0.25, 0.3) is 0 Å². The maximum atomic E-state index is 11.0. The van der Waals surface area contributed by atoms with Crippen LogP contribution in [0.3, 0.4) is 0 Å². The van der Waals surface area contributed by atoms with E-state index in [0.717, 1.165) is 5.82 Å². The molecule has 1 heterocycles. The van der Waals surface area contributed by atoms with Gasteiger partial charge in [-0.3, -0.25) is 9.48 Å². The Hall–Kier alpha value is -1.19. The monoisotopic (exact) mass is 167 g/mol. The Bertz CT molecular complexity index is 267. The van der Waals surface area contributed by atoms with Crippen LogP contribution < -0.4 is 0 Å². The number of carbonyl (C=O) groups is 1. The fourth-order valence-electron chi connectivity index (χ4n) is 0.974. The van der Waals surface area contributed by atoms with Crippen LogP contribution in [0.5, 0.6) is 0 Å². The van der Waals surface area contributed by atoms with E-state index in [1.807, 2.05) is 14.0 Å². The molecule has 4 nitrogen and oxygen atoms in total. The molecule has 12 heavy (non-hydrogen) atoms. The van der Waals surface area contributed by atoms with E-state index in [1.165, 1.54) is 6.33 Å². The molecule has 0 amide bonds. The number of aromatic nitrogens is 3. The molecule has 0 aliphatic heterocycles. The number of hydrogen-bond donors (Lipinski definition) is 0. The largest absolute Gasteiger partial charge is 0.300 e. The van der Waals surface area contributed by atoms with Crippen LogP contribution >= 0.6 is 0 Å². The molecule has 0 bridgehead atoms. The first-order chi connectivity index (χ1) is 5.74. The molecule has 1 aromatic heterocycles. The minimum Gasteiger partial charge on any atom is -0.300 e. The molecular formula is C8H13N3O. The SMILES string of the molecule is CCC(=O)CCc1ncnn1C. The predicted molar refractivity (Wildman–Crippen MR) is 44.6 cm³/mol. The van der Waals surface area contributed by atoms with Crippen LogP contribution in [-0.4, -0.2) is 20.5 Å². The van der Waals surface area contributed by atoms with Crippen LogP contribution in [0.1, 0.15) is 25.6 Å². The van der Waals surface area contributed by atoms with Crippen molar-refractivity contribution in [3.05, 3.63) is 12.2 Å². The number of ketones is 1. The van der Waals surface area contributed by atoms with Crippen molar-refractivity contribution in [2.75, 3.05) is 0 Å². The van der Waals surface area contributed by atoms with Crippen LogP contribution in [-0.2, 0) is 18.3 Å². The number of aryl methyl sites for hydroxylation is 2. The van der Waals surface area contributed by atoms with E-state index < -0.39 is 0 Å². The third kappa shape index (κ3) is 2.15. The maximum absolute atomic E-state index is 11.0. The van der Waals surface area contributed by atoms with Crippen molar-refractivity contribution in [2.45, 2.75) is 26.2 Å². The zero-order chi connectivity index (χ0) is 8.97. The Kier molecular flexibility index (Phi) is 2.96. The van der Waals surface area contributed by atoms with Crippen LogP contribution in [0.15, 0.2) is 6.33 Å². The summed E-state index contributed by atoms with van der Waals surface area (Å²) in [5.41, 5.74) is 0. The molecule has 0 fully saturated rings. The average Bonchev–Trinajstić information content (AvgIpc) is 2.47. The van der Waals surface area contributed by atoms with Crippen molar-refractivity contribution < 1.29 is 4.79 Å². The number of rotatable bonds is 4. The molecule has 0 aliphatic rings. The summed E-state index contributed by atoms with van der Waals surface area (Å²) in [6.45, 7) is 1.87. The predicted octanol–water partition coefficient (Wildman–Crippen LogP) is 0.727. The summed E-state index contributed by atoms with van der Waals surface area (Å²) < 4.78 is 1.70. The van der Waals surface area contributed by atoms with Crippen LogP contribution in [0.4, 0.5) is 0 Å². The molecule has 0 spiro atoms. The summed E-state index contributed by atoms with van der Waals surface area (Å²) in [6.07, 6.45) is 3.38. The van der Waals surface area contributed by atoms with Crippen molar-refractivity contribution in [3.63, 3.8) is 0 Å². The summed E-state index contributed by atoms with van der Waals surface area (Å²) in [7, 11) is 1.83. The Morgan fingerprint density at radius 3 is 2.92 bits per heavy atom. The van der Waals surface area contributed by atoms with Crippen molar-refractivity contribution in [3.8, 4) is 0 Å². The van der Waals surface area contributed by atoms with Gasteiger partial charge < -0.3 is 0 Å². The van der Waals surface area contributed by atoms with E-state index in [9.17, 15) is 4.79 Å². The highest BCUT2D eigenvalue weighted by molar-refractivity contribution is 5.78. The second kappa shape index (κ2) is 3.99. The molecular weight excluding hydrogens is 154 g/mol. The molecule has 0 N–H and O–H groups in total. The molecule has 0 saturated heterocycles. The second-order valence-corrected chi connectivity index (χ2v) is 2.69. The van der Waals surface area contributed by atoms with Crippen molar-refractivity contribution in [2.24, 2.45) is 7.05 Å². The van der Waals surface area contributed by atoms with E-state index in [-0.39, 0.29) is 5.78 Å². The average molecular weight is 167 g/mol. The molecule has 66 valence electrons. The van der Waals surface area contributed by atoms with Gasteiger partial charge in [0.05, 0.1) is 0 Å². The zero-order valence-corrected chi connectivity index (χ0v) is 7.45. The van der Waals surface area contributed by atoms with Crippen molar-refractivity contribution in [1.82, 2.24) is 14.8 Å². The number of nitrogens with zero attached hydrogens (tertiary/aromatic N) is 3. The lowest BCUT2D eigenvalue weighted by Crippen LogP contribution is -2.03. The molecule has 1 rings (SSSR count). The lowest BCUT2D eigenvalue weighted by Gasteiger charge is -1.97. The molecule has 0 atom stereocenters. The molecule has 1 aromatic rings. The van der Waals surface area contributed by atoms with Crippen LogP contribution in [0, 0.1) is 0 Å². The second-order valence-electron chi connectivity index (χ2n) is 2.69. The minimum atomic E-state index is 0.276. The van der Waals surface area contributed by atoms with Gasteiger partial charge in [0, 0.05) is 26.3 Å². The Labute approximate surface area is 71.6 Å². The maximum Gasteiger partial charge on any atom is 0.138 e. The number of Topliss-reactive ketones (excluding diaryl/α,β-unsaturated/α-hetero) is 1. The number of carbonyl (C=O) groups excluding carboxylic acids is 1.